The number of anilines is 3. The molecule has 1 aliphatic heterocycles. The molecule has 9 heteroatoms. The van der Waals surface area contributed by atoms with Crippen molar-refractivity contribution in [2.24, 2.45) is 0 Å². The van der Waals surface area contributed by atoms with Crippen LogP contribution in [0.1, 0.15) is 58.4 Å². The Balaban J connectivity index is 0.000000294. The molecule has 0 amide bonds. The third kappa shape index (κ3) is 8.15. The van der Waals surface area contributed by atoms with Gasteiger partial charge in [0.05, 0.1) is 18.4 Å². The number of benzene rings is 1. The summed E-state index contributed by atoms with van der Waals surface area (Å²) in [5.41, 5.74) is 6.70. The van der Waals surface area contributed by atoms with Gasteiger partial charge in [-0.2, -0.15) is 10.2 Å². The van der Waals surface area contributed by atoms with Crippen molar-refractivity contribution in [1.82, 2.24) is 14.9 Å². The molecule has 1 saturated heterocycles. The average Bonchev–Trinajstić information content (AvgIpc) is 2.79. The third-order valence-corrected chi connectivity index (χ3v) is 5.50. The number of hydrogen-bond acceptors (Lipinski definition) is 8. The molecular weight excluding hydrogens is 423 g/mol. The number of ether oxygens (including phenoxy) is 1. The molecule has 2 heterocycles. The Hall–Kier alpha value is -2.96. The fourth-order valence-electron chi connectivity index (χ4n) is 3.64. The van der Waals surface area contributed by atoms with Crippen LogP contribution in [-0.4, -0.2) is 51.8 Å². The molecule has 33 heavy (non-hydrogen) atoms. The summed E-state index contributed by atoms with van der Waals surface area (Å²) in [5.74, 6) is -0.421. The number of nitriles is 1. The van der Waals surface area contributed by atoms with Crippen LogP contribution >= 0.6 is 0 Å². The van der Waals surface area contributed by atoms with E-state index in [1.165, 1.54) is 38.8 Å². The molecule has 1 aromatic carbocycles. The standard InChI is InChI=1S/C14H14FN5O2.C10H21N/c15-11-8-18-14(20-13(11)17)19-10-2-3-12(9(6-10)7-16)22-5-1-4-21;1-4-8-11-9-6-5-7-10(11,2)3/h2-3,6,8,21H,1,4-5H2,(H3,17,18,19,20);4-9H2,1-3H3. The number of halogens is 1. The predicted molar refractivity (Wildman–Crippen MR) is 128 cm³/mol. The van der Waals surface area contributed by atoms with Crippen molar-refractivity contribution in [2.75, 3.05) is 37.4 Å². The van der Waals surface area contributed by atoms with Crippen LogP contribution in [0.4, 0.5) is 21.8 Å². The number of aliphatic hydroxyl groups is 1. The van der Waals surface area contributed by atoms with Gasteiger partial charge in [0.25, 0.3) is 0 Å². The maximum Gasteiger partial charge on any atom is 0.229 e. The Kier molecular flexibility index (Phi) is 10.3. The van der Waals surface area contributed by atoms with Crippen LogP contribution in [0.3, 0.4) is 0 Å². The number of nitrogens with two attached hydrogens (primary N) is 1. The van der Waals surface area contributed by atoms with Crippen LogP contribution in [0, 0.1) is 17.1 Å². The lowest BCUT2D eigenvalue weighted by Crippen LogP contribution is -2.47. The molecule has 4 N–H and O–H groups in total. The molecule has 0 radical (unpaired) electrons. The Labute approximate surface area is 195 Å². The molecule has 0 saturated carbocycles. The van der Waals surface area contributed by atoms with E-state index in [0.29, 0.717) is 35.6 Å². The monoisotopic (exact) mass is 458 g/mol. The van der Waals surface area contributed by atoms with Crippen LogP contribution in [0.25, 0.3) is 0 Å². The molecule has 180 valence electrons. The Morgan fingerprint density at radius 1 is 1.36 bits per heavy atom. The van der Waals surface area contributed by atoms with Crippen molar-refractivity contribution in [2.45, 2.75) is 58.4 Å². The number of piperidine rings is 1. The highest BCUT2D eigenvalue weighted by Gasteiger charge is 2.28. The molecule has 0 unspecified atom stereocenters. The molecule has 1 aliphatic rings. The topological polar surface area (TPSA) is 120 Å². The first-order chi connectivity index (χ1) is 15.8. The smallest absolute Gasteiger partial charge is 0.229 e. The fourth-order valence-corrected chi connectivity index (χ4v) is 3.64. The van der Waals surface area contributed by atoms with Gasteiger partial charge in [0.2, 0.25) is 5.95 Å². The van der Waals surface area contributed by atoms with Crippen molar-refractivity contribution in [3.8, 4) is 11.8 Å². The molecular formula is C24H35FN6O2. The molecule has 2 aromatic rings. The van der Waals surface area contributed by atoms with Crippen LogP contribution < -0.4 is 15.8 Å². The molecule has 8 nitrogen and oxygen atoms in total. The quantitative estimate of drug-likeness (QED) is 0.503. The van der Waals surface area contributed by atoms with Gasteiger partial charge in [-0.05, 0) is 64.4 Å². The number of hydrogen-bond donors (Lipinski definition) is 3. The van der Waals surface area contributed by atoms with Crippen molar-refractivity contribution >= 4 is 17.5 Å². The lowest BCUT2D eigenvalue weighted by atomic mass is 9.90. The van der Waals surface area contributed by atoms with Gasteiger partial charge in [-0.25, -0.2) is 9.37 Å². The number of aromatic nitrogens is 2. The highest BCUT2D eigenvalue weighted by atomic mass is 19.1. The van der Waals surface area contributed by atoms with Crippen LogP contribution in [0.5, 0.6) is 5.75 Å². The van der Waals surface area contributed by atoms with Gasteiger partial charge in [0, 0.05) is 24.3 Å². The van der Waals surface area contributed by atoms with E-state index in [1.54, 1.807) is 18.2 Å². The van der Waals surface area contributed by atoms with Crippen molar-refractivity contribution in [1.29, 1.82) is 5.26 Å². The van der Waals surface area contributed by atoms with Gasteiger partial charge in [-0.3, -0.25) is 4.90 Å². The van der Waals surface area contributed by atoms with Gasteiger partial charge in [-0.1, -0.05) is 13.3 Å². The molecule has 3 rings (SSSR count). The predicted octanol–water partition coefficient (Wildman–Crippen LogP) is 4.24. The lowest BCUT2D eigenvalue weighted by molar-refractivity contribution is 0.0773. The summed E-state index contributed by atoms with van der Waals surface area (Å²) in [5, 5.41) is 20.7. The van der Waals surface area contributed by atoms with E-state index >= 15 is 0 Å². The van der Waals surface area contributed by atoms with E-state index in [2.05, 4.69) is 41.0 Å². The van der Waals surface area contributed by atoms with Crippen molar-refractivity contribution in [3.63, 3.8) is 0 Å². The van der Waals surface area contributed by atoms with E-state index < -0.39 is 5.82 Å². The zero-order valence-electron chi connectivity index (χ0n) is 19.8. The number of rotatable bonds is 8. The number of aliphatic hydroxyl groups excluding tert-OH is 1. The number of likely N-dealkylation sites (tertiary alicyclic amines) is 1. The summed E-state index contributed by atoms with van der Waals surface area (Å²) < 4.78 is 18.4. The van der Waals surface area contributed by atoms with Gasteiger partial charge < -0.3 is 20.9 Å². The largest absolute Gasteiger partial charge is 0.492 e. The van der Waals surface area contributed by atoms with Crippen LogP contribution in [-0.2, 0) is 0 Å². The fraction of sp³-hybridized carbons (Fsp3) is 0.542. The maximum atomic E-state index is 13.0. The second-order valence-electron chi connectivity index (χ2n) is 8.56. The van der Waals surface area contributed by atoms with E-state index in [0.717, 1.165) is 6.20 Å². The summed E-state index contributed by atoms with van der Waals surface area (Å²) in [6, 6.07) is 6.85. The van der Waals surface area contributed by atoms with Crippen LogP contribution in [0.15, 0.2) is 24.4 Å². The molecule has 0 bridgehead atoms. The average molecular weight is 459 g/mol. The first kappa shape index (κ1) is 26.3. The van der Waals surface area contributed by atoms with E-state index in [1.807, 2.05) is 6.07 Å². The lowest BCUT2D eigenvalue weighted by Gasteiger charge is -2.42. The van der Waals surface area contributed by atoms with Crippen molar-refractivity contribution in [3.05, 3.63) is 35.8 Å². The number of nitrogens with one attached hydrogen (secondary N) is 1. The first-order valence-electron chi connectivity index (χ1n) is 11.4. The third-order valence-electron chi connectivity index (χ3n) is 5.50. The zero-order valence-corrected chi connectivity index (χ0v) is 19.8. The summed E-state index contributed by atoms with van der Waals surface area (Å²) in [6.07, 6.45) is 6.95. The minimum atomic E-state index is -0.698. The second-order valence-corrected chi connectivity index (χ2v) is 8.56. The highest BCUT2D eigenvalue weighted by Crippen LogP contribution is 2.27. The summed E-state index contributed by atoms with van der Waals surface area (Å²) in [7, 11) is 0. The van der Waals surface area contributed by atoms with Gasteiger partial charge >= 0.3 is 0 Å². The van der Waals surface area contributed by atoms with Crippen molar-refractivity contribution < 1.29 is 14.2 Å². The molecule has 0 atom stereocenters. The van der Waals surface area contributed by atoms with Gasteiger partial charge in [-0.15, -0.1) is 0 Å². The normalized spacial score (nSPS) is 15.2. The number of nitrogen functional groups attached to an aromatic ring is 1. The SMILES string of the molecule is CCCN1CCCCC1(C)C.N#Cc1cc(Nc2ncc(F)c(N)n2)ccc1OCCCO. The summed E-state index contributed by atoms with van der Waals surface area (Å²) in [6.45, 7) is 9.96. The molecule has 0 spiro atoms. The Morgan fingerprint density at radius 2 is 2.15 bits per heavy atom. The van der Waals surface area contributed by atoms with Gasteiger partial charge in [0.15, 0.2) is 11.6 Å². The van der Waals surface area contributed by atoms with E-state index in [4.69, 9.17) is 20.8 Å². The highest BCUT2D eigenvalue weighted by molar-refractivity contribution is 5.60. The molecule has 1 fully saturated rings. The molecule has 1 aromatic heterocycles. The first-order valence-corrected chi connectivity index (χ1v) is 11.4. The van der Waals surface area contributed by atoms with E-state index in [-0.39, 0.29) is 18.4 Å². The summed E-state index contributed by atoms with van der Waals surface area (Å²) >= 11 is 0. The van der Waals surface area contributed by atoms with Gasteiger partial charge in [0.1, 0.15) is 11.8 Å². The Morgan fingerprint density at radius 3 is 2.79 bits per heavy atom. The second kappa shape index (κ2) is 12.9. The Bertz CT molecular complexity index is 930. The minimum Gasteiger partial charge on any atom is -0.492 e. The summed E-state index contributed by atoms with van der Waals surface area (Å²) in [4.78, 5) is 10.1. The zero-order chi connectivity index (χ0) is 24.3. The minimum absolute atomic E-state index is 0.0187. The van der Waals surface area contributed by atoms with Crippen LogP contribution in [0.2, 0.25) is 0 Å². The number of nitrogens with zero attached hydrogens (tertiary/aromatic N) is 4. The maximum absolute atomic E-state index is 13.0. The van der Waals surface area contributed by atoms with E-state index in [9.17, 15) is 4.39 Å². The molecule has 0 aliphatic carbocycles.